The number of hydrogen-bond acceptors (Lipinski definition) is 6. The summed E-state index contributed by atoms with van der Waals surface area (Å²) in [4.78, 5) is 14.2. The van der Waals surface area contributed by atoms with Gasteiger partial charge in [0.25, 0.3) is 0 Å². The van der Waals surface area contributed by atoms with Crippen molar-refractivity contribution in [3.05, 3.63) is 28.3 Å². The molecule has 1 fully saturated rings. The highest BCUT2D eigenvalue weighted by atomic mass is 19.3. The monoisotopic (exact) mass is 331 g/mol. The molecule has 23 heavy (non-hydrogen) atoms. The number of aliphatic hydroxyl groups is 1. The molecule has 1 heterocycles. The van der Waals surface area contributed by atoms with E-state index in [1.807, 2.05) is 4.90 Å². The zero-order valence-corrected chi connectivity index (χ0v) is 12.7. The van der Waals surface area contributed by atoms with Crippen molar-refractivity contribution in [2.24, 2.45) is 0 Å². The van der Waals surface area contributed by atoms with Crippen molar-refractivity contribution in [2.45, 2.75) is 19.6 Å². The molecule has 1 aliphatic heterocycles. The molecule has 1 aliphatic rings. The van der Waals surface area contributed by atoms with E-state index < -0.39 is 29.1 Å². The van der Waals surface area contributed by atoms with Crippen LogP contribution in [0.4, 0.5) is 20.2 Å². The number of halogens is 2. The van der Waals surface area contributed by atoms with Gasteiger partial charge in [0, 0.05) is 50.5 Å². The average molecular weight is 331 g/mol. The van der Waals surface area contributed by atoms with Crippen LogP contribution in [0.25, 0.3) is 0 Å². The van der Waals surface area contributed by atoms with Crippen LogP contribution >= 0.6 is 0 Å². The van der Waals surface area contributed by atoms with Crippen LogP contribution in [0.15, 0.2) is 18.2 Å². The van der Waals surface area contributed by atoms with Gasteiger partial charge in [-0.1, -0.05) is 0 Å². The van der Waals surface area contributed by atoms with Crippen LogP contribution in [-0.4, -0.2) is 60.4 Å². The van der Waals surface area contributed by atoms with E-state index in [2.05, 4.69) is 9.64 Å². The third-order valence-electron chi connectivity index (χ3n) is 3.62. The fourth-order valence-electron chi connectivity index (χ4n) is 2.60. The van der Waals surface area contributed by atoms with Crippen LogP contribution in [0.1, 0.15) is 6.92 Å². The molecule has 2 rings (SSSR count). The van der Waals surface area contributed by atoms with Crippen LogP contribution in [-0.2, 0) is 0 Å². The molecule has 7 nitrogen and oxygen atoms in total. The molecule has 1 aromatic rings. The molecule has 1 saturated heterocycles. The molecule has 0 spiro atoms. The number of nitro benzene ring substituents is 1. The number of hydrogen-bond donors (Lipinski definition) is 1. The largest absolute Gasteiger partial charge is 0.427 e. The number of alkyl halides is 2. The molecule has 0 radical (unpaired) electrons. The summed E-state index contributed by atoms with van der Waals surface area (Å²) < 4.78 is 29.1. The summed E-state index contributed by atoms with van der Waals surface area (Å²) in [6.45, 7) is 1.88. The van der Waals surface area contributed by atoms with Crippen LogP contribution < -0.4 is 9.64 Å². The Labute approximate surface area is 132 Å². The lowest BCUT2D eigenvalue weighted by Crippen LogP contribution is -2.48. The minimum atomic E-state index is -3.12. The smallest absolute Gasteiger partial charge is 0.387 e. The average Bonchev–Trinajstić information content (AvgIpc) is 2.46. The Balaban J connectivity index is 2.10. The predicted molar refractivity (Wildman–Crippen MR) is 80.1 cm³/mol. The van der Waals surface area contributed by atoms with Gasteiger partial charge in [-0.15, -0.1) is 0 Å². The first-order valence-electron chi connectivity index (χ1n) is 7.25. The Morgan fingerprint density at radius 2 is 2.00 bits per heavy atom. The molecule has 0 unspecified atom stereocenters. The molecular formula is C14H19F2N3O4. The Kier molecular flexibility index (Phi) is 5.67. The van der Waals surface area contributed by atoms with Crippen molar-refractivity contribution in [1.82, 2.24) is 4.90 Å². The van der Waals surface area contributed by atoms with Crippen molar-refractivity contribution in [3.8, 4) is 5.75 Å². The summed E-state index contributed by atoms with van der Waals surface area (Å²) in [6, 6.07) is 3.98. The quantitative estimate of drug-likeness (QED) is 0.631. The van der Waals surface area contributed by atoms with Gasteiger partial charge in [-0.05, 0) is 13.0 Å². The summed E-state index contributed by atoms with van der Waals surface area (Å²) in [7, 11) is 0. The number of nitro groups is 1. The maximum Gasteiger partial charge on any atom is 0.387 e. The lowest BCUT2D eigenvalue weighted by molar-refractivity contribution is -0.386. The fraction of sp³-hybridized carbons (Fsp3) is 0.571. The van der Waals surface area contributed by atoms with Gasteiger partial charge in [-0.25, -0.2) is 0 Å². The summed E-state index contributed by atoms with van der Waals surface area (Å²) in [5.41, 5.74) is 0.115. The number of ether oxygens (including phenoxy) is 1. The van der Waals surface area contributed by atoms with E-state index >= 15 is 0 Å². The first-order valence-corrected chi connectivity index (χ1v) is 7.25. The topological polar surface area (TPSA) is 79.1 Å². The molecule has 1 atom stereocenters. The van der Waals surface area contributed by atoms with Gasteiger partial charge in [0.05, 0.1) is 11.0 Å². The molecule has 0 aromatic heterocycles. The Hall–Kier alpha value is -2.00. The van der Waals surface area contributed by atoms with Crippen LogP contribution in [0.2, 0.25) is 0 Å². The van der Waals surface area contributed by atoms with Gasteiger partial charge in [-0.3, -0.25) is 15.0 Å². The van der Waals surface area contributed by atoms with E-state index in [4.69, 9.17) is 0 Å². The van der Waals surface area contributed by atoms with Crippen LogP contribution in [0.3, 0.4) is 0 Å². The number of benzene rings is 1. The molecule has 128 valence electrons. The van der Waals surface area contributed by atoms with Crippen molar-refractivity contribution in [1.29, 1.82) is 0 Å². The van der Waals surface area contributed by atoms with E-state index in [1.54, 1.807) is 6.92 Å². The molecule has 0 amide bonds. The number of β-amino-alcohol motifs (C(OH)–C–C–N with tert-alkyl or cyclic N) is 1. The van der Waals surface area contributed by atoms with E-state index in [0.29, 0.717) is 38.4 Å². The number of anilines is 1. The number of aliphatic hydroxyl groups excluding tert-OH is 1. The number of piperazine rings is 1. The SMILES string of the molecule is C[C@@H](O)CN1CCN(c2ccc([N+](=O)[O-])c(OC(F)F)c2)CC1. The third-order valence-corrected chi connectivity index (χ3v) is 3.62. The van der Waals surface area contributed by atoms with E-state index in [-0.39, 0.29) is 0 Å². The molecule has 1 aromatic carbocycles. The Morgan fingerprint density at radius 1 is 1.35 bits per heavy atom. The van der Waals surface area contributed by atoms with Gasteiger partial charge < -0.3 is 14.7 Å². The Bertz CT molecular complexity index is 549. The Morgan fingerprint density at radius 3 is 2.52 bits per heavy atom. The van der Waals surface area contributed by atoms with Gasteiger partial charge >= 0.3 is 12.3 Å². The summed E-state index contributed by atoms with van der Waals surface area (Å²) in [6.07, 6.45) is -0.410. The maximum absolute atomic E-state index is 12.4. The second-order valence-electron chi connectivity index (χ2n) is 5.42. The highest BCUT2D eigenvalue weighted by Gasteiger charge is 2.23. The molecule has 1 N–H and O–H groups in total. The molecule has 0 aliphatic carbocycles. The number of nitrogens with zero attached hydrogens (tertiary/aromatic N) is 3. The lowest BCUT2D eigenvalue weighted by atomic mass is 10.2. The molecule has 0 saturated carbocycles. The van der Waals surface area contributed by atoms with E-state index in [0.717, 1.165) is 0 Å². The highest BCUT2D eigenvalue weighted by Crippen LogP contribution is 2.33. The second kappa shape index (κ2) is 7.51. The fourth-order valence-corrected chi connectivity index (χ4v) is 2.60. The first-order chi connectivity index (χ1) is 10.9. The van der Waals surface area contributed by atoms with Crippen LogP contribution in [0.5, 0.6) is 5.75 Å². The standard InChI is InChI=1S/C14H19F2N3O4/c1-10(20)9-17-4-6-18(7-5-17)11-2-3-12(19(21)22)13(8-11)23-14(15)16/h2-3,8,10,14,20H,4-7,9H2,1H3/t10-/m1/s1. The summed E-state index contributed by atoms with van der Waals surface area (Å²) >= 11 is 0. The van der Waals surface area contributed by atoms with Gasteiger partial charge in [-0.2, -0.15) is 8.78 Å². The zero-order valence-electron chi connectivity index (χ0n) is 12.7. The lowest BCUT2D eigenvalue weighted by Gasteiger charge is -2.36. The molecular weight excluding hydrogens is 312 g/mol. The van der Waals surface area contributed by atoms with Crippen molar-refractivity contribution in [3.63, 3.8) is 0 Å². The van der Waals surface area contributed by atoms with Gasteiger partial charge in [0.15, 0.2) is 0 Å². The van der Waals surface area contributed by atoms with Gasteiger partial charge in [0.1, 0.15) is 0 Å². The first kappa shape index (κ1) is 17.4. The summed E-state index contributed by atoms with van der Waals surface area (Å²) in [5, 5.41) is 20.3. The predicted octanol–water partition coefficient (Wildman–Crippen LogP) is 1.70. The third kappa shape index (κ3) is 4.73. The zero-order chi connectivity index (χ0) is 17.0. The van der Waals surface area contributed by atoms with E-state index in [1.165, 1.54) is 18.2 Å². The van der Waals surface area contributed by atoms with Crippen LogP contribution in [0, 0.1) is 10.1 Å². The molecule has 9 heteroatoms. The highest BCUT2D eigenvalue weighted by molar-refractivity contribution is 5.59. The van der Waals surface area contributed by atoms with Crippen molar-refractivity contribution in [2.75, 3.05) is 37.6 Å². The normalized spacial score (nSPS) is 17.3. The minimum absolute atomic E-state index is 0.410. The van der Waals surface area contributed by atoms with Crippen molar-refractivity contribution >= 4 is 11.4 Å². The molecule has 0 bridgehead atoms. The summed E-state index contributed by atoms with van der Waals surface area (Å²) in [5.74, 6) is -0.436. The maximum atomic E-state index is 12.4. The van der Waals surface area contributed by atoms with Gasteiger partial charge in [0.2, 0.25) is 5.75 Å². The minimum Gasteiger partial charge on any atom is -0.427 e. The van der Waals surface area contributed by atoms with E-state index in [9.17, 15) is 24.0 Å². The number of rotatable bonds is 6. The second-order valence-corrected chi connectivity index (χ2v) is 5.42. The van der Waals surface area contributed by atoms with Crippen molar-refractivity contribution < 1.29 is 23.5 Å².